The fourth-order valence-corrected chi connectivity index (χ4v) is 5.67. The number of ether oxygens (including phenoxy) is 2. The van der Waals surface area contributed by atoms with Crippen LogP contribution < -0.4 is 14.8 Å². The van der Waals surface area contributed by atoms with Gasteiger partial charge in [0.1, 0.15) is 17.1 Å². The highest BCUT2D eigenvalue weighted by molar-refractivity contribution is 7.89. The zero-order valence-corrected chi connectivity index (χ0v) is 20.5. The van der Waals surface area contributed by atoms with E-state index in [1.165, 1.54) is 28.8 Å². The molecule has 0 bridgehead atoms. The van der Waals surface area contributed by atoms with Gasteiger partial charge in [-0.3, -0.25) is 4.79 Å². The lowest BCUT2D eigenvalue weighted by Gasteiger charge is -2.28. The summed E-state index contributed by atoms with van der Waals surface area (Å²) in [5.41, 5.74) is -1.96. The lowest BCUT2D eigenvalue weighted by atomic mass is 10.0. The van der Waals surface area contributed by atoms with Gasteiger partial charge in [0.15, 0.2) is 23.1 Å². The maximum atomic E-state index is 13.5. The van der Waals surface area contributed by atoms with Crippen LogP contribution in [0, 0.1) is 11.6 Å². The third-order valence-electron chi connectivity index (χ3n) is 5.63. The molecule has 13 heteroatoms. The van der Waals surface area contributed by atoms with E-state index in [0.717, 1.165) is 12.1 Å². The summed E-state index contributed by atoms with van der Waals surface area (Å²) in [6.07, 6.45) is 0.943. The lowest BCUT2D eigenvalue weighted by molar-refractivity contribution is 0.0277. The molecule has 1 aromatic heterocycles. The number of anilines is 1. The van der Waals surface area contributed by atoms with Crippen LogP contribution in [0.5, 0.6) is 5.75 Å². The predicted molar refractivity (Wildman–Crippen MR) is 121 cm³/mol. The van der Waals surface area contributed by atoms with E-state index >= 15 is 0 Å². The number of carbonyl (C=O) groups is 2. The first-order valence-electron chi connectivity index (χ1n) is 10.8. The molecule has 1 aromatic carbocycles. The highest BCUT2D eigenvalue weighted by atomic mass is 32.2. The molecule has 0 radical (unpaired) electrons. The third kappa shape index (κ3) is 4.96. The number of hydrogen-bond acceptors (Lipinski definition) is 6. The Bertz CT molecular complexity index is 1300. The SMILES string of the molecule is Cn1cc2c(c1C(=O)Nc1ccc(F)c(F)c1)OCC1(CCN(C(=O)OC(C)(C)C)C1)NS2(=O)=O. The molecule has 1 saturated heterocycles. The van der Waals surface area contributed by atoms with Gasteiger partial charge < -0.3 is 24.3 Å². The monoisotopic (exact) mass is 512 g/mol. The van der Waals surface area contributed by atoms with Gasteiger partial charge in [-0.15, -0.1) is 0 Å². The van der Waals surface area contributed by atoms with E-state index < -0.39 is 44.8 Å². The van der Waals surface area contributed by atoms with Crippen molar-refractivity contribution in [2.45, 2.75) is 43.2 Å². The normalized spacial score (nSPS) is 21.3. The molecule has 2 N–H and O–H groups in total. The summed E-state index contributed by atoms with van der Waals surface area (Å²) in [6.45, 7) is 5.33. The van der Waals surface area contributed by atoms with Crippen LogP contribution in [-0.2, 0) is 21.8 Å². The number of benzene rings is 1. The van der Waals surface area contributed by atoms with Gasteiger partial charge in [-0.25, -0.2) is 22.0 Å². The van der Waals surface area contributed by atoms with Crippen molar-refractivity contribution in [2.75, 3.05) is 25.0 Å². The van der Waals surface area contributed by atoms with Crippen molar-refractivity contribution in [1.29, 1.82) is 0 Å². The van der Waals surface area contributed by atoms with E-state index in [1.54, 1.807) is 20.8 Å². The number of aryl methyl sites for hydroxylation is 1. The largest absolute Gasteiger partial charge is 0.488 e. The van der Waals surface area contributed by atoms with Gasteiger partial charge in [0, 0.05) is 38.1 Å². The molecule has 1 atom stereocenters. The van der Waals surface area contributed by atoms with E-state index in [1.807, 2.05) is 0 Å². The zero-order chi connectivity index (χ0) is 25.8. The molecule has 2 aliphatic rings. The van der Waals surface area contributed by atoms with Gasteiger partial charge in [-0.1, -0.05) is 0 Å². The standard InChI is InChI=1S/C22H26F2N4O6S/c1-21(2,3)34-20(30)28-8-7-22(11-28)12-33-18-16(35(31,32)26-22)10-27(4)17(18)19(29)25-13-5-6-14(23)15(24)9-13/h5-6,9-10,26H,7-8,11-12H2,1-4H3,(H,25,29). The summed E-state index contributed by atoms with van der Waals surface area (Å²) < 4.78 is 68.4. The first-order chi connectivity index (χ1) is 16.2. The highest BCUT2D eigenvalue weighted by Crippen LogP contribution is 2.37. The van der Waals surface area contributed by atoms with Crippen molar-refractivity contribution in [3.63, 3.8) is 0 Å². The molecule has 3 heterocycles. The Morgan fingerprint density at radius 3 is 2.60 bits per heavy atom. The number of carbonyl (C=O) groups excluding carboxylic acids is 2. The van der Waals surface area contributed by atoms with E-state index in [-0.39, 0.29) is 48.1 Å². The maximum Gasteiger partial charge on any atom is 0.410 e. The molecule has 1 fully saturated rings. The highest BCUT2D eigenvalue weighted by Gasteiger charge is 2.48. The molecule has 0 aliphatic carbocycles. The minimum absolute atomic E-state index is 0.0151. The summed E-state index contributed by atoms with van der Waals surface area (Å²) >= 11 is 0. The molecular weight excluding hydrogens is 486 g/mol. The minimum atomic E-state index is -4.14. The molecular formula is C22H26F2N4O6S. The number of sulfonamides is 1. The number of amides is 2. The Balaban J connectivity index is 1.59. The maximum absolute atomic E-state index is 13.5. The molecule has 2 amide bonds. The average Bonchev–Trinajstić information content (AvgIpc) is 3.26. The van der Waals surface area contributed by atoms with Crippen LogP contribution in [-0.4, -0.2) is 60.7 Å². The number of aromatic nitrogens is 1. The second kappa shape index (κ2) is 8.48. The summed E-state index contributed by atoms with van der Waals surface area (Å²) in [7, 11) is -2.68. The smallest absolute Gasteiger partial charge is 0.410 e. The number of rotatable bonds is 2. The van der Waals surface area contributed by atoms with E-state index in [4.69, 9.17) is 9.47 Å². The van der Waals surface area contributed by atoms with Crippen molar-refractivity contribution in [3.05, 3.63) is 41.7 Å². The topological polar surface area (TPSA) is 119 Å². The molecule has 35 heavy (non-hydrogen) atoms. The van der Waals surface area contributed by atoms with Gasteiger partial charge in [-0.2, -0.15) is 4.72 Å². The van der Waals surface area contributed by atoms with Crippen LogP contribution in [0.3, 0.4) is 0 Å². The van der Waals surface area contributed by atoms with Crippen LogP contribution >= 0.6 is 0 Å². The minimum Gasteiger partial charge on any atom is -0.488 e. The van der Waals surface area contributed by atoms with Gasteiger partial charge in [0.25, 0.3) is 5.91 Å². The van der Waals surface area contributed by atoms with E-state index in [9.17, 15) is 26.8 Å². The Kier molecular flexibility index (Phi) is 6.04. The summed E-state index contributed by atoms with van der Waals surface area (Å²) in [6, 6.07) is 2.85. The average molecular weight is 513 g/mol. The number of nitrogens with one attached hydrogen (secondary N) is 2. The predicted octanol–water partition coefficient (Wildman–Crippen LogP) is 2.61. The number of likely N-dealkylation sites (tertiary alicyclic amines) is 1. The Morgan fingerprint density at radius 2 is 1.94 bits per heavy atom. The molecule has 1 unspecified atom stereocenters. The van der Waals surface area contributed by atoms with Crippen molar-refractivity contribution >= 4 is 27.7 Å². The summed E-state index contributed by atoms with van der Waals surface area (Å²) in [5, 5.41) is 2.42. The summed E-state index contributed by atoms with van der Waals surface area (Å²) in [5.74, 6) is -3.16. The molecule has 10 nitrogen and oxygen atoms in total. The van der Waals surface area contributed by atoms with Gasteiger partial charge in [-0.05, 0) is 39.3 Å². The van der Waals surface area contributed by atoms with Gasteiger partial charge in [0.05, 0.1) is 5.54 Å². The molecule has 0 saturated carbocycles. The second-order valence-corrected chi connectivity index (χ2v) is 11.3. The zero-order valence-electron chi connectivity index (χ0n) is 19.6. The van der Waals surface area contributed by atoms with Crippen molar-refractivity contribution < 1.29 is 36.3 Å². The number of fused-ring (bicyclic) bond motifs is 1. The van der Waals surface area contributed by atoms with Crippen LogP contribution in [0.15, 0.2) is 29.3 Å². The van der Waals surface area contributed by atoms with E-state index in [0.29, 0.717) is 0 Å². The lowest BCUT2D eigenvalue weighted by Crippen LogP contribution is -2.53. The molecule has 2 aromatic rings. The van der Waals surface area contributed by atoms with Crippen LogP contribution in [0.1, 0.15) is 37.7 Å². The number of nitrogens with zero attached hydrogens (tertiary/aromatic N) is 2. The van der Waals surface area contributed by atoms with Crippen molar-refractivity contribution in [1.82, 2.24) is 14.2 Å². The van der Waals surface area contributed by atoms with E-state index in [2.05, 4.69) is 10.0 Å². The molecule has 4 rings (SSSR count). The quantitative estimate of drug-likeness (QED) is 0.639. The van der Waals surface area contributed by atoms with Gasteiger partial charge >= 0.3 is 6.09 Å². The number of hydrogen-bond donors (Lipinski definition) is 2. The third-order valence-corrected chi connectivity index (χ3v) is 7.21. The Hall–Kier alpha value is -3.19. The fraction of sp³-hybridized carbons (Fsp3) is 0.455. The Labute approximate surface area is 201 Å². The Morgan fingerprint density at radius 1 is 1.23 bits per heavy atom. The van der Waals surface area contributed by atoms with Crippen LogP contribution in [0.4, 0.5) is 19.3 Å². The first kappa shape index (κ1) is 24.9. The van der Waals surface area contributed by atoms with Gasteiger partial charge in [0.2, 0.25) is 10.0 Å². The molecule has 190 valence electrons. The first-order valence-corrected chi connectivity index (χ1v) is 12.3. The van der Waals surface area contributed by atoms with Crippen molar-refractivity contribution in [2.24, 2.45) is 7.05 Å². The number of halogens is 2. The fourth-order valence-electron chi connectivity index (χ4n) is 4.07. The van der Waals surface area contributed by atoms with Crippen LogP contribution in [0.25, 0.3) is 0 Å². The second-order valence-electron chi connectivity index (χ2n) is 9.69. The molecule has 1 spiro atoms. The summed E-state index contributed by atoms with van der Waals surface area (Å²) in [4.78, 5) is 26.6. The molecule has 2 aliphatic heterocycles. The van der Waals surface area contributed by atoms with Crippen molar-refractivity contribution in [3.8, 4) is 5.75 Å². The van der Waals surface area contributed by atoms with Crippen LogP contribution in [0.2, 0.25) is 0 Å².